The number of ether oxygens (including phenoxy) is 2. The SMILES string of the molecule is COc1cc(Cl)c(NC(C)C(C)(C)O)cc1OC. The van der Waals surface area contributed by atoms with Crippen molar-refractivity contribution in [2.45, 2.75) is 32.4 Å². The Morgan fingerprint density at radius 3 is 2.17 bits per heavy atom. The molecule has 0 radical (unpaired) electrons. The average molecular weight is 274 g/mol. The molecular formula is C13H20ClNO3. The second kappa shape index (κ2) is 5.67. The van der Waals surface area contributed by atoms with Gasteiger partial charge in [0, 0.05) is 12.1 Å². The van der Waals surface area contributed by atoms with Gasteiger partial charge in [0.25, 0.3) is 0 Å². The van der Waals surface area contributed by atoms with Gasteiger partial charge >= 0.3 is 0 Å². The lowest BCUT2D eigenvalue weighted by molar-refractivity contribution is 0.0649. The number of anilines is 1. The zero-order valence-electron chi connectivity index (χ0n) is 11.4. The van der Waals surface area contributed by atoms with Crippen LogP contribution in [-0.2, 0) is 0 Å². The van der Waals surface area contributed by atoms with E-state index < -0.39 is 5.60 Å². The zero-order chi connectivity index (χ0) is 13.9. The number of nitrogens with one attached hydrogen (secondary N) is 1. The number of benzene rings is 1. The van der Waals surface area contributed by atoms with Crippen molar-refractivity contribution in [3.8, 4) is 11.5 Å². The Morgan fingerprint density at radius 1 is 1.22 bits per heavy atom. The van der Waals surface area contributed by atoms with Gasteiger partial charge in [-0.25, -0.2) is 0 Å². The lowest BCUT2D eigenvalue weighted by Crippen LogP contribution is -2.39. The molecule has 18 heavy (non-hydrogen) atoms. The molecule has 0 bridgehead atoms. The molecule has 1 aromatic rings. The van der Waals surface area contributed by atoms with Gasteiger partial charge in [-0.3, -0.25) is 0 Å². The van der Waals surface area contributed by atoms with Crippen LogP contribution in [0.2, 0.25) is 5.02 Å². The highest BCUT2D eigenvalue weighted by molar-refractivity contribution is 6.33. The van der Waals surface area contributed by atoms with Gasteiger partial charge < -0.3 is 19.9 Å². The minimum Gasteiger partial charge on any atom is -0.493 e. The minimum atomic E-state index is -0.851. The third-order valence-electron chi connectivity index (χ3n) is 2.90. The molecular weight excluding hydrogens is 254 g/mol. The van der Waals surface area contributed by atoms with Crippen molar-refractivity contribution in [1.29, 1.82) is 0 Å². The summed E-state index contributed by atoms with van der Waals surface area (Å²) in [5.74, 6) is 1.16. The fourth-order valence-electron chi connectivity index (χ4n) is 1.37. The summed E-state index contributed by atoms with van der Waals surface area (Å²) in [6.45, 7) is 5.35. The van der Waals surface area contributed by atoms with E-state index in [-0.39, 0.29) is 6.04 Å². The van der Waals surface area contributed by atoms with Gasteiger partial charge in [0.15, 0.2) is 11.5 Å². The Kier molecular flexibility index (Phi) is 4.71. The van der Waals surface area contributed by atoms with Crippen molar-refractivity contribution >= 4 is 17.3 Å². The molecule has 0 heterocycles. The summed E-state index contributed by atoms with van der Waals surface area (Å²) in [7, 11) is 3.12. The second-order valence-electron chi connectivity index (χ2n) is 4.71. The van der Waals surface area contributed by atoms with Crippen molar-refractivity contribution in [2.24, 2.45) is 0 Å². The quantitative estimate of drug-likeness (QED) is 0.866. The first kappa shape index (κ1) is 14.9. The monoisotopic (exact) mass is 273 g/mol. The molecule has 0 spiro atoms. The van der Waals surface area contributed by atoms with Crippen molar-refractivity contribution in [3.63, 3.8) is 0 Å². The molecule has 1 unspecified atom stereocenters. The third-order valence-corrected chi connectivity index (χ3v) is 3.22. The van der Waals surface area contributed by atoms with Crippen LogP contribution in [0.15, 0.2) is 12.1 Å². The molecule has 0 aliphatic heterocycles. The van der Waals surface area contributed by atoms with Crippen molar-refractivity contribution in [3.05, 3.63) is 17.2 Å². The van der Waals surface area contributed by atoms with E-state index in [0.29, 0.717) is 22.2 Å². The van der Waals surface area contributed by atoms with E-state index in [1.807, 2.05) is 6.92 Å². The fraction of sp³-hybridized carbons (Fsp3) is 0.538. The molecule has 0 saturated heterocycles. The molecule has 0 amide bonds. The molecule has 102 valence electrons. The minimum absolute atomic E-state index is 0.159. The van der Waals surface area contributed by atoms with E-state index in [1.165, 1.54) is 0 Å². The van der Waals surface area contributed by atoms with Crippen LogP contribution in [0.3, 0.4) is 0 Å². The van der Waals surface area contributed by atoms with Crippen molar-refractivity contribution < 1.29 is 14.6 Å². The summed E-state index contributed by atoms with van der Waals surface area (Å²) in [6, 6.07) is 3.27. The number of hydrogen-bond acceptors (Lipinski definition) is 4. The summed E-state index contributed by atoms with van der Waals surface area (Å²) in [5.41, 5.74) is -0.153. The van der Waals surface area contributed by atoms with Gasteiger partial charge in [0.05, 0.1) is 36.6 Å². The summed E-state index contributed by atoms with van der Waals surface area (Å²) in [4.78, 5) is 0. The van der Waals surface area contributed by atoms with Crippen molar-refractivity contribution in [2.75, 3.05) is 19.5 Å². The molecule has 1 atom stereocenters. The Labute approximate surface area is 113 Å². The van der Waals surface area contributed by atoms with Crippen LogP contribution in [-0.4, -0.2) is 31.0 Å². The van der Waals surface area contributed by atoms with Crippen LogP contribution in [0, 0.1) is 0 Å². The van der Waals surface area contributed by atoms with Gasteiger partial charge in [-0.2, -0.15) is 0 Å². The summed E-state index contributed by atoms with van der Waals surface area (Å²) < 4.78 is 10.4. The van der Waals surface area contributed by atoms with Crippen molar-refractivity contribution in [1.82, 2.24) is 0 Å². The predicted octanol–water partition coefficient (Wildman–Crippen LogP) is 2.93. The summed E-state index contributed by atoms with van der Waals surface area (Å²) in [5, 5.41) is 13.6. The van der Waals surface area contributed by atoms with Crippen LogP contribution in [0.5, 0.6) is 11.5 Å². The standard InChI is InChI=1S/C13H20ClNO3/c1-8(13(2,3)16)15-10-7-12(18-5)11(17-4)6-9(10)14/h6-8,15-16H,1-5H3. The Bertz CT molecular complexity index is 415. The van der Waals surface area contributed by atoms with E-state index in [4.69, 9.17) is 21.1 Å². The predicted molar refractivity (Wildman–Crippen MR) is 73.9 cm³/mol. The van der Waals surface area contributed by atoms with Gasteiger partial charge in [0.1, 0.15) is 0 Å². The maximum atomic E-state index is 9.90. The maximum absolute atomic E-state index is 9.90. The van der Waals surface area contributed by atoms with Crippen LogP contribution >= 0.6 is 11.6 Å². The molecule has 0 aliphatic carbocycles. The normalized spacial score (nSPS) is 13.1. The second-order valence-corrected chi connectivity index (χ2v) is 5.11. The zero-order valence-corrected chi connectivity index (χ0v) is 12.1. The molecule has 1 aromatic carbocycles. The molecule has 1 rings (SSSR count). The van der Waals surface area contributed by atoms with E-state index in [9.17, 15) is 5.11 Å². The molecule has 0 saturated carbocycles. The lowest BCUT2D eigenvalue weighted by atomic mass is 10.0. The van der Waals surface area contributed by atoms with Gasteiger partial charge in [-0.05, 0) is 20.8 Å². The molecule has 4 nitrogen and oxygen atoms in total. The maximum Gasteiger partial charge on any atom is 0.162 e. The first-order valence-electron chi connectivity index (χ1n) is 5.70. The Hall–Kier alpha value is -1.13. The van der Waals surface area contributed by atoms with Gasteiger partial charge in [0.2, 0.25) is 0 Å². The average Bonchev–Trinajstić information content (AvgIpc) is 2.29. The number of aliphatic hydroxyl groups is 1. The molecule has 0 aromatic heterocycles. The van der Waals surface area contributed by atoms with Crippen LogP contribution in [0.25, 0.3) is 0 Å². The van der Waals surface area contributed by atoms with Gasteiger partial charge in [-0.15, -0.1) is 0 Å². The fourth-order valence-corrected chi connectivity index (χ4v) is 1.58. The number of halogens is 1. The third kappa shape index (κ3) is 3.43. The van der Waals surface area contributed by atoms with E-state index in [1.54, 1.807) is 40.2 Å². The summed E-state index contributed by atoms with van der Waals surface area (Å²) in [6.07, 6.45) is 0. The van der Waals surface area contributed by atoms with Crippen LogP contribution < -0.4 is 14.8 Å². The lowest BCUT2D eigenvalue weighted by Gasteiger charge is -2.28. The molecule has 5 heteroatoms. The van der Waals surface area contributed by atoms with Crippen LogP contribution in [0.1, 0.15) is 20.8 Å². The Balaban J connectivity index is 3.03. The largest absolute Gasteiger partial charge is 0.493 e. The number of hydrogen-bond donors (Lipinski definition) is 2. The highest BCUT2D eigenvalue weighted by Gasteiger charge is 2.23. The van der Waals surface area contributed by atoms with E-state index >= 15 is 0 Å². The first-order valence-corrected chi connectivity index (χ1v) is 6.07. The number of rotatable bonds is 5. The molecule has 0 aliphatic rings. The van der Waals surface area contributed by atoms with Gasteiger partial charge in [-0.1, -0.05) is 11.6 Å². The molecule has 2 N–H and O–H groups in total. The van der Waals surface area contributed by atoms with Crippen LogP contribution in [0.4, 0.5) is 5.69 Å². The number of methoxy groups -OCH3 is 2. The van der Waals surface area contributed by atoms with E-state index in [0.717, 1.165) is 0 Å². The first-order chi connectivity index (χ1) is 8.29. The van der Waals surface area contributed by atoms with E-state index in [2.05, 4.69) is 5.32 Å². The topological polar surface area (TPSA) is 50.7 Å². The highest BCUT2D eigenvalue weighted by atomic mass is 35.5. The molecule has 0 fully saturated rings. The Morgan fingerprint density at radius 2 is 1.72 bits per heavy atom. The highest BCUT2D eigenvalue weighted by Crippen LogP contribution is 2.36. The summed E-state index contributed by atoms with van der Waals surface area (Å²) >= 11 is 6.15. The smallest absolute Gasteiger partial charge is 0.162 e.